The fraction of sp³-hybridized carbons (Fsp3) is 0.250. The van der Waals surface area contributed by atoms with Crippen molar-refractivity contribution in [3.63, 3.8) is 0 Å². The molecule has 1 saturated heterocycles. The van der Waals surface area contributed by atoms with E-state index in [0.717, 1.165) is 37.3 Å². The third-order valence-corrected chi connectivity index (χ3v) is 5.35. The van der Waals surface area contributed by atoms with Crippen LogP contribution in [0.1, 0.15) is 0 Å². The lowest BCUT2D eigenvalue weighted by atomic mass is 10.1. The molecule has 0 saturated carbocycles. The fourth-order valence-corrected chi connectivity index (χ4v) is 3.67. The van der Waals surface area contributed by atoms with E-state index >= 15 is 0 Å². The van der Waals surface area contributed by atoms with Crippen LogP contribution in [0.4, 0.5) is 5.69 Å². The summed E-state index contributed by atoms with van der Waals surface area (Å²) in [6, 6.07) is 11.2. The van der Waals surface area contributed by atoms with Crippen LogP contribution < -0.4 is 10.5 Å². The smallest absolute Gasteiger partial charge is 0.345 e. The molecule has 1 aliphatic rings. The van der Waals surface area contributed by atoms with E-state index in [9.17, 15) is 4.79 Å². The molecule has 1 fully saturated rings. The minimum atomic E-state index is -0.419. The van der Waals surface area contributed by atoms with Gasteiger partial charge < -0.3 is 14.2 Å². The first kappa shape index (κ1) is 17.2. The number of benzene rings is 1. The molecule has 0 radical (unpaired) electrons. The Morgan fingerprint density at radius 2 is 1.89 bits per heavy atom. The van der Waals surface area contributed by atoms with Crippen molar-refractivity contribution in [1.82, 2.24) is 19.5 Å². The van der Waals surface area contributed by atoms with Gasteiger partial charge in [-0.3, -0.25) is 0 Å². The Morgan fingerprint density at radius 3 is 2.71 bits per heavy atom. The van der Waals surface area contributed by atoms with Gasteiger partial charge in [-0.25, -0.2) is 14.3 Å². The molecule has 5 rings (SSSR count). The van der Waals surface area contributed by atoms with E-state index in [1.54, 1.807) is 22.8 Å². The van der Waals surface area contributed by atoms with Gasteiger partial charge in [0.2, 0.25) is 0 Å². The van der Waals surface area contributed by atoms with Crippen LogP contribution in [0.3, 0.4) is 0 Å². The number of halogens is 1. The molecule has 1 aromatic carbocycles. The molecule has 142 valence electrons. The Balaban J connectivity index is 1.55. The summed E-state index contributed by atoms with van der Waals surface area (Å²) in [5.41, 5.74) is 2.76. The van der Waals surface area contributed by atoms with Crippen molar-refractivity contribution in [2.45, 2.75) is 0 Å². The van der Waals surface area contributed by atoms with Gasteiger partial charge in [-0.2, -0.15) is 5.10 Å². The number of anilines is 1. The summed E-state index contributed by atoms with van der Waals surface area (Å²) in [7, 11) is 2.13. The van der Waals surface area contributed by atoms with Gasteiger partial charge in [0.15, 0.2) is 5.65 Å². The number of fused-ring (bicyclic) bond motifs is 2. The van der Waals surface area contributed by atoms with Gasteiger partial charge in [-0.05, 0) is 37.4 Å². The number of aromatic nitrogens is 3. The quantitative estimate of drug-likeness (QED) is 0.486. The molecular weight excluding hydrogens is 378 g/mol. The normalized spacial score (nSPS) is 15.6. The molecule has 28 heavy (non-hydrogen) atoms. The van der Waals surface area contributed by atoms with Crippen molar-refractivity contribution in [1.29, 1.82) is 0 Å². The molecule has 3 aromatic heterocycles. The first-order valence-electron chi connectivity index (χ1n) is 9.10. The monoisotopic (exact) mass is 395 g/mol. The summed E-state index contributed by atoms with van der Waals surface area (Å²) < 4.78 is 7.18. The maximum absolute atomic E-state index is 12.6. The van der Waals surface area contributed by atoms with Crippen LogP contribution in [0, 0.1) is 0 Å². The topological polar surface area (TPSA) is 66.9 Å². The standard InChI is InChI=1S/C20H18ClN5O2/c1-24-6-8-25(9-7-24)14-3-2-13-10-15(20(27)28-17(13)11-14)16-12-26-19(22-16)5-4-18(21)23-26/h2-5,10-12H,6-9H2,1H3. The summed E-state index contributed by atoms with van der Waals surface area (Å²) in [5, 5.41) is 5.38. The number of likely N-dealkylation sites (N-methyl/N-ethyl adjacent to an activating group) is 1. The molecular formula is C20H18ClN5O2. The van der Waals surface area contributed by atoms with Gasteiger partial charge in [0, 0.05) is 43.3 Å². The van der Waals surface area contributed by atoms with Crippen molar-refractivity contribution >= 4 is 33.9 Å². The van der Waals surface area contributed by atoms with Crippen LogP contribution in [-0.2, 0) is 0 Å². The van der Waals surface area contributed by atoms with E-state index in [0.29, 0.717) is 27.6 Å². The highest BCUT2D eigenvalue weighted by Crippen LogP contribution is 2.25. The third kappa shape index (κ3) is 3.02. The molecule has 1 aliphatic heterocycles. The lowest BCUT2D eigenvalue weighted by molar-refractivity contribution is 0.313. The van der Waals surface area contributed by atoms with Crippen molar-refractivity contribution in [3.8, 4) is 11.3 Å². The second-order valence-electron chi connectivity index (χ2n) is 7.04. The van der Waals surface area contributed by atoms with Gasteiger partial charge >= 0.3 is 5.63 Å². The molecule has 7 nitrogen and oxygen atoms in total. The zero-order valence-corrected chi connectivity index (χ0v) is 16.1. The number of hydrogen-bond acceptors (Lipinski definition) is 6. The van der Waals surface area contributed by atoms with Crippen molar-refractivity contribution in [3.05, 3.63) is 58.2 Å². The minimum Gasteiger partial charge on any atom is -0.422 e. The maximum atomic E-state index is 12.6. The number of hydrogen-bond donors (Lipinski definition) is 0. The highest BCUT2D eigenvalue weighted by Gasteiger charge is 2.16. The number of rotatable bonds is 2. The zero-order chi connectivity index (χ0) is 19.3. The van der Waals surface area contributed by atoms with Crippen molar-refractivity contribution < 1.29 is 4.42 Å². The summed E-state index contributed by atoms with van der Waals surface area (Å²) >= 11 is 5.92. The molecule has 0 amide bonds. The molecule has 4 heterocycles. The third-order valence-electron chi connectivity index (χ3n) is 5.15. The Morgan fingerprint density at radius 1 is 1.07 bits per heavy atom. The second kappa shape index (κ2) is 6.61. The molecule has 0 aliphatic carbocycles. The Kier molecular flexibility index (Phi) is 4.07. The van der Waals surface area contributed by atoms with Crippen LogP contribution >= 0.6 is 11.6 Å². The highest BCUT2D eigenvalue weighted by molar-refractivity contribution is 6.29. The van der Waals surface area contributed by atoms with E-state index in [2.05, 4.69) is 33.0 Å². The van der Waals surface area contributed by atoms with Crippen LogP contribution in [0.5, 0.6) is 0 Å². The average Bonchev–Trinajstić information content (AvgIpc) is 3.10. The molecule has 0 atom stereocenters. The molecule has 4 aromatic rings. The number of nitrogens with zero attached hydrogens (tertiary/aromatic N) is 5. The zero-order valence-electron chi connectivity index (χ0n) is 15.3. The number of piperazine rings is 1. The van der Waals surface area contributed by atoms with E-state index in [1.165, 1.54) is 0 Å². The second-order valence-corrected chi connectivity index (χ2v) is 7.43. The average molecular weight is 396 g/mol. The minimum absolute atomic E-state index is 0.360. The molecule has 0 bridgehead atoms. The first-order chi connectivity index (χ1) is 13.6. The first-order valence-corrected chi connectivity index (χ1v) is 9.48. The van der Waals surface area contributed by atoms with E-state index < -0.39 is 5.63 Å². The molecule has 0 N–H and O–H groups in total. The lowest BCUT2D eigenvalue weighted by Gasteiger charge is -2.34. The predicted octanol–water partition coefficient (Wildman–Crippen LogP) is 2.91. The van der Waals surface area contributed by atoms with E-state index in [4.69, 9.17) is 16.0 Å². The lowest BCUT2D eigenvalue weighted by Crippen LogP contribution is -2.44. The van der Waals surface area contributed by atoms with Crippen LogP contribution in [0.15, 0.2) is 51.8 Å². The Hall–Kier alpha value is -2.90. The Bertz CT molecular complexity index is 1240. The van der Waals surface area contributed by atoms with Gasteiger partial charge in [-0.15, -0.1) is 0 Å². The van der Waals surface area contributed by atoms with E-state index in [1.807, 2.05) is 18.2 Å². The van der Waals surface area contributed by atoms with Gasteiger partial charge in [0.05, 0.1) is 17.5 Å². The van der Waals surface area contributed by atoms with E-state index in [-0.39, 0.29) is 0 Å². The Labute approximate surface area is 165 Å². The summed E-state index contributed by atoms with van der Waals surface area (Å²) in [6.07, 6.45) is 1.68. The number of imidazole rings is 1. The molecule has 8 heteroatoms. The van der Waals surface area contributed by atoms with Gasteiger partial charge in [-0.1, -0.05) is 11.6 Å². The van der Waals surface area contributed by atoms with Gasteiger partial charge in [0.25, 0.3) is 0 Å². The van der Waals surface area contributed by atoms with Crippen molar-refractivity contribution in [2.24, 2.45) is 0 Å². The molecule has 0 unspecified atom stereocenters. The summed E-state index contributed by atoms with van der Waals surface area (Å²) in [5.74, 6) is 0. The fourth-order valence-electron chi connectivity index (χ4n) is 3.53. The van der Waals surface area contributed by atoms with Crippen LogP contribution in [0.25, 0.3) is 27.9 Å². The van der Waals surface area contributed by atoms with Crippen molar-refractivity contribution in [2.75, 3.05) is 38.1 Å². The SMILES string of the molecule is CN1CCN(c2ccc3cc(-c4cn5nc(Cl)ccc5n4)c(=O)oc3c2)CC1. The molecule has 0 spiro atoms. The van der Waals surface area contributed by atoms with Crippen LogP contribution in [-0.4, -0.2) is 52.7 Å². The summed E-state index contributed by atoms with van der Waals surface area (Å²) in [6.45, 7) is 3.96. The van der Waals surface area contributed by atoms with Gasteiger partial charge in [0.1, 0.15) is 10.7 Å². The maximum Gasteiger partial charge on any atom is 0.345 e. The van der Waals surface area contributed by atoms with Crippen LogP contribution in [0.2, 0.25) is 5.15 Å². The largest absolute Gasteiger partial charge is 0.422 e. The summed E-state index contributed by atoms with van der Waals surface area (Å²) in [4.78, 5) is 21.7. The highest BCUT2D eigenvalue weighted by atomic mass is 35.5. The predicted molar refractivity (Wildman–Crippen MR) is 109 cm³/mol.